The van der Waals surface area contributed by atoms with E-state index in [0.717, 1.165) is 11.6 Å². The quantitative estimate of drug-likeness (QED) is 0.646. The van der Waals surface area contributed by atoms with E-state index in [9.17, 15) is 18.5 Å². The first-order chi connectivity index (χ1) is 10.4. The molecule has 0 atom stereocenters. The SMILES string of the molecule is O=[N+]([O-])c1cccc(S(=O)(=O)NCCc2ccc(Cl)cc2)c1. The third-order valence-electron chi connectivity index (χ3n) is 2.96. The third-order valence-corrected chi connectivity index (χ3v) is 4.67. The maximum absolute atomic E-state index is 12.1. The highest BCUT2D eigenvalue weighted by atomic mass is 35.5. The van der Waals surface area contributed by atoms with Crippen LogP contribution in [0.5, 0.6) is 0 Å². The van der Waals surface area contributed by atoms with Gasteiger partial charge in [-0.2, -0.15) is 0 Å². The largest absolute Gasteiger partial charge is 0.270 e. The predicted molar refractivity (Wildman–Crippen MR) is 83.4 cm³/mol. The van der Waals surface area contributed by atoms with E-state index in [-0.39, 0.29) is 17.1 Å². The second-order valence-corrected chi connectivity index (χ2v) is 6.73. The van der Waals surface area contributed by atoms with E-state index in [4.69, 9.17) is 11.6 Å². The lowest BCUT2D eigenvalue weighted by Crippen LogP contribution is -2.26. The van der Waals surface area contributed by atoms with Crippen molar-refractivity contribution in [2.24, 2.45) is 0 Å². The van der Waals surface area contributed by atoms with Gasteiger partial charge in [0.1, 0.15) is 0 Å². The van der Waals surface area contributed by atoms with E-state index in [1.54, 1.807) is 12.1 Å². The average Bonchev–Trinajstić information content (AvgIpc) is 2.49. The first-order valence-corrected chi connectivity index (χ1v) is 8.23. The first kappa shape index (κ1) is 16.4. The van der Waals surface area contributed by atoms with Gasteiger partial charge in [0.25, 0.3) is 5.69 Å². The molecule has 0 fully saturated rings. The molecule has 0 amide bonds. The minimum Gasteiger partial charge on any atom is -0.258 e. The smallest absolute Gasteiger partial charge is 0.258 e. The Bertz CT molecular complexity index is 776. The van der Waals surface area contributed by atoms with Gasteiger partial charge in [-0.3, -0.25) is 10.1 Å². The van der Waals surface area contributed by atoms with Crippen molar-refractivity contribution in [2.45, 2.75) is 11.3 Å². The summed E-state index contributed by atoms with van der Waals surface area (Å²) in [6.45, 7) is 0.187. The number of non-ortho nitro benzene ring substituents is 1. The fourth-order valence-corrected chi connectivity index (χ4v) is 3.03. The number of nitro benzene ring substituents is 1. The summed E-state index contributed by atoms with van der Waals surface area (Å²) >= 11 is 5.77. The number of nitrogens with zero attached hydrogens (tertiary/aromatic N) is 1. The topological polar surface area (TPSA) is 89.3 Å². The third kappa shape index (κ3) is 4.27. The van der Waals surface area contributed by atoms with Crippen molar-refractivity contribution in [1.82, 2.24) is 4.72 Å². The molecule has 6 nitrogen and oxygen atoms in total. The molecule has 2 aromatic carbocycles. The zero-order chi connectivity index (χ0) is 16.2. The molecule has 2 aromatic rings. The molecule has 0 aliphatic carbocycles. The molecule has 1 N–H and O–H groups in total. The molecule has 0 unspecified atom stereocenters. The van der Waals surface area contributed by atoms with Crippen LogP contribution in [0.1, 0.15) is 5.56 Å². The van der Waals surface area contributed by atoms with Gasteiger partial charge in [-0.15, -0.1) is 0 Å². The Morgan fingerprint density at radius 3 is 2.45 bits per heavy atom. The molecule has 2 rings (SSSR count). The summed E-state index contributed by atoms with van der Waals surface area (Å²) in [6, 6.07) is 12.0. The zero-order valence-electron chi connectivity index (χ0n) is 11.4. The van der Waals surface area contributed by atoms with E-state index >= 15 is 0 Å². The van der Waals surface area contributed by atoms with Crippen molar-refractivity contribution in [2.75, 3.05) is 6.54 Å². The summed E-state index contributed by atoms with van der Waals surface area (Å²) in [5, 5.41) is 11.3. The van der Waals surface area contributed by atoms with Gasteiger partial charge in [0.05, 0.1) is 9.82 Å². The molecule has 0 aliphatic rings. The first-order valence-electron chi connectivity index (χ1n) is 6.37. The highest BCUT2D eigenvalue weighted by Crippen LogP contribution is 2.17. The van der Waals surface area contributed by atoms with Crippen LogP contribution < -0.4 is 4.72 Å². The van der Waals surface area contributed by atoms with Gasteiger partial charge in [-0.25, -0.2) is 13.1 Å². The summed E-state index contributed by atoms with van der Waals surface area (Å²) < 4.78 is 26.6. The van der Waals surface area contributed by atoms with Crippen LogP contribution in [0.3, 0.4) is 0 Å². The molecule has 8 heteroatoms. The summed E-state index contributed by atoms with van der Waals surface area (Å²) in [5.74, 6) is 0. The number of nitro groups is 1. The van der Waals surface area contributed by atoms with Crippen LogP contribution in [0.25, 0.3) is 0 Å². The molecule has 0 saturated heterocycles. The van der Waals surface area contributed by atoms with Crippen LogP contribution in [0.4, 0.5) is 5.69 Å². The molecule has 0 aromatic heterocycles. The number of halogens is 1. The number of sulfonamides is 1. The molecule has 0 aliphatic heterocycles. The van der Waals surface area contributed by atoms with Gasteiger partial charge in [-0.05, 0) is 30.2 Å². The second kappa shape index (κ2) is 6.87. The summed E-state index contributed by atoms with van der Waals surface area (Å²) in [5.41, 5.74) is 0.673. The standard InChI is InChI=1S/C14H13ClN2O4S/c15-12-6-4-11(5-7-12)8-9-16-22(20,21)14-3-1-2-13(10-14)17(18)19/h1-7,10,16H,8-9H2. The van der Waals surface area contributed by atoms with Crippen LogP contribution in [-0.2, 0) is 16.4 Å². The van der Waals surface area contributed by atoms with Crippen molar-refractivity contribution in [1.29, 1.82) is 0 Å². The Morgan fingerprint density at radius 2 is 1.82 bits per heavy atom. The summed E-state index contributed by atoms with van der Waals surface area (Å²) in [7, 11) is -3.78. The van der Waals surface area contributed by atoms with Gasteiger partial charge < -0.3 is 0 Å². The lowest BCUT2D eigenvalue weighted by molar-refractivity contribution is -0.385. The van der Waals surface area contributed by atoms with Gasteiger partial charge in [0.15, 0.2) is 0 Å². The average molecular weight is 341 g/mol. The van der Waals surface area contributed by atoms with Crippen molar-refractivity contribution in [3.05, 3.63) is 69.2 Å². The van der Waals surface area contributed by atoms with Gasteiger partial charge in [-0.1, -0.05) is 29.8 Å². The number of rotatable bonds is 6. The number of hydrogen-bond donors (Lipinski definition) is 1. The van der Waals surface area contributed by atoms with Gasteiger partial charge in [0, 0.05) is 23.7 Å². The van der Waals surface area contributed by atoms with Crippen molar-refractivity contribution in [3.63, 3.8) is 0 Å². The Morgan fingerprint density at radius 1 is 1.14 bits per heavy atom. The highest BCUT2D eigenvalue weighted by Gasteiger charge is 2.16. The zero-order valence-corrected chi connectivity index (χ0v) is 13.0. The van der Waals surface area contributed by atoms with Crippen LogP contribution >= 0.6 is 11.6 Å². The Kier molecular flexibility index (Phi) is 5.12. The summed E-state index contributed by atoms with van der Waals surface area (Å²) in [4.78, 5) is 9.93. The van der Waals surface area contributed by atoms with Crippen molar-refractivity contribution >= 4 is 27.3 Å². The highest BCUT2D eigenvalue weighted by molar-refractivity contribution is 7.89. The van der Waals surface area contributed by atoms with Crippen molar-refractivity contribution < 1.29 is 13.3 Å². The van der Waals surface area contributed by atoms with E-state index in [1.807, 2.05) is 12.1 Å². The second-order valence-electron chi connectivity index (χ2n) is 4.53. The van der Waals surface area contributed by atoms with Gasteiger partial charge in [0.2, 0.25) is 10.0 Å². The molecule has 0 bridgehead atoms. The fourth-order valence-electron chi connectivity index (χ4n) is 1.83. The molecular formula is C14H13ClN2O4S. The molecule has 0 spiro atoms. The predicted octanol–water partition coefficient (Wildman–Crippen LogP) is 2.77. The Labute approximate surface area is 132 Å². The van der Waals surface area contributed by atoms with Crippen LogP contribution in [0.2, 0.25) is 5.02 Å². The minimum atomic E-state index is -3.78. The number of nitrogens with one attached hydrogen (secondary N) is 1. The minimum absolute atomic E-state index is 0.127. The molecular weight excluding hydrogens is 328 g/mol. The van der Waals surface area contributed by atoms with E-state index in [0.29, 0.717) is 11.4 Å². The summed E-state index contributed by atoms with van der Waals surface area (Å²) in [6.07, 6.45) is 0.491. The van der Waals surface area contributed by atoms with E-state index < -0.39 is 14.9 Å². The van der Waals surface area contributed by atoms with Crippen LogP contribution in [-0.4, -0.2) is 19.9 Å². The molecule has 116 valence electrons. The molecule has 22 heavy (non-hydrogen) atoms. The Hall–Kier alpha value is -1.96. The number of benzene rings is 2. The van der Waals surface area contributed by atoms with E-state index in [2.05, 4.69) is 4.72 Å². The fraction of sp³-hybridized carbons (Fsp3) is 0.143. The monoisotopic (exact) mass is 340 g/mol. The number of hydrogen-bond acceptors (Lipinski definition) is 4. The maximum Gasteiger partial charge on any atom is 0.270 e. The lowest BCUT2D eigenvalue weighted by atomic mass is 10.2. The van der Waals surface area contributed by atoms with Crippen LogP contribution in [0, 0.1) is 10.1 Å². The van der Waals surface area contributed by atoms with Crippen LogP contribution in [0.15, 0.2) is 53.4 Å². The molecule has 0 radical (unpaired) electrons. The lowest BCUT2D eigenvalue weighted by Gasteiger charge is -2.07. The van der Waals surface area contributed by atoms with Gasteiger partial charge >= 0.3 is 0 Å². The van der Waals surface area contributed by atoms with E-state index in [1.165, 1.54) is 18.2 Å². The molecule has 0 heterocycles. The van der Waals surface area contributed by atoms with Crippen molar-refractivity contribution in [3.8, 4) is 0 Å². The molecule has 0 saturated carbocycles. The maximum atomic E-state index is 12.1. The normalized spacial score (nSPS) is 11.3. The Balaban J connectivity index is 2.03.